The summed E-state index contributed by atoms with van der Waals surface area (Å²) in [4.78, 5) is 31.7. The quantitative estimate of drug-likeness (QED) is 0.217. The highest BCUT2D eigenvalue weighted by Crippen LogP contribution is 2.40. The number of quaternary nitrogens is 1. The standard InChI is InChI=1S/C30H37N3O5/c1-5-17-38-25-12-9-23(20-21(25)2)28(34)26-27(22-7-10-24(11-8-22)31(3)4)33(30(36)29(26)35)14-6-13-32-15-18-37-19-16-32/h5,7-12,20,27,34H,1,6,13-19H2,2-4H3/p+1/t27-/m0/s1. The molecule has 38 heavy (non-hydrogen) atoms. The molecule has 0 aliphatic carbocycles. The van der Waals surface area contributed by atoms with Crippen LogP contribution in [0.15, 0.2) is 60.7 Å². The summed E-state index contributed by atoms with van der Waals surface area (Å²) in [6, 6.07) is 12.4. The van der Waals surface area contributed by atoms with Gasteiger partial charge in [0.05, 0.1) is 31.4 Å². The van der Waals surface area contributed by atoms with Gasteiger partial charge in [-0.2, -0.15) is 0 Å². The third-order valence-corrected chi connectivity index (χ3v) is 7.20. The average Bonchev–Trinajstić information content (AvgIpc) is 3.17. The van der Waals surface area contributed by atoms with Crippen molar-refractivity contribution in [1.29, 1.82) is 0 Å². The normalized spacial score (nSPS) is 19.6. The first-order valence-electron chi connectivity index (χ1n) is 13.1. The second kappa shape index (κ2) is 12.3. The number of benzene rings is 2. The summed E-state index contributed by atoms with van der Waals surface area (Å²) in [7, 11) is 3.92. The monoisotopic (exact) mass is 520 g/mol. The first kappa shape index (κ1) is 27.4. The molecule has 2 heterocycles. The fourth-order valence-corrected chi connectivity index (χ4v) is 5.08. The maximum atomic E-state index is 13.4. The van der Waals surface area contributed by atoms with Crippen LogP contribution in [-0.2, 0) is 14.3 Å². The Kier molecular flexibility index (Phi) is 8.86. The Morgan fingerprint density at radius 2 is 1.89 bits per heavy atom. The van der Waals surface area contributed by atoms with Crippen LogP contribution in [0.25, 0.3) is 5.76 Å². The van der Waals surface area contributed by atoms with Crippen LogP contribution in [0.4, 0.5) is 5.69 Å². The van der Waals surface area contributed by atoms with Gasteiger partial charge in [0, 0.05) is 38.3 Å². The second-order valence-corrected chi connectivity index (χ2v) is 10.0. The van der Waals surface area contributed by atoms with Gasteiger partial charge in [-0.1, -0.05) is 24.8 Å². The number of ketones is 1. The van der Waals surface area contributed by atoms with Crippen LogP contribution in [0.3, 0.4) is 0 Å². The lowest BCUT2D eigenvalue weighted by atomic mass is 9.94. The molecule has 0 bridgehead atoms. The molecule has 8 heteroatoms. The highest BCUT2D eigenvalue weighted by atomic mass is 16.5. The van der Waals surface area contributed by atoms with Crippen LogP contribution in [0.5, 0.6) is 5.75 Å². The van der Waals surface area contributed by atoms with Crippen molar-refractivity contribution >= 4 is 23.1 Å². The maximum Gasteiger partial charge on any atom is 0.295 e. The molecule has 1 atom stereocenters. The van der Waals surface area contributed by atoms with E-state index in [0.29, 0.717) is 24.5 Å². The Bertz CT molecular complexity index is 1200. The number of aryl methyl sites for hydroxylation is 1. The first-order chi connectivity index (χ1) is 18.3. The minimum Gasteiger partial charge on any atom is -0.507 e. The van der Waals surface area contributed by atoms with Crippen LogP contribution < -0.4 is 14.5 Å². The highest BCUT2D eigenvalue weighted by molar-refractivity contribution is 6.46. The van der Waals surface area contributed by atoms with E-state index in [4.69, 9.17) is 9.47 Å². The number of rotatable bonds is 10. The third-order valence-electron chi connectivity index (χ3n) is 7.20. The Balaban J connectivity index is 1.68. The minimum atomic E-state index is -0.664. The van der Waals surface area contributed by atoms with E-state index in [1.54, 1.807) is 29.2 Å². The fourth-order valence-electron chi connectivity index (χ4n) is 5.08. The Morgan fingerprint density at radius 3 is 2.53 bits per heavy atom. The molecule has 0 unspecified atom stereocenters. The SMILES string of the molecule is C=CCOc1ccc(C(O)=C2C(=O)C(=O)N(CCC[NH+]3CCOCC3)[C@H]2c2ccc(N(C)C)cc2)cc1C. The van der Waals surface area contributed by atoms with Gasteiger partial charge in [0.2, 0.25) is 0 Å². The maximum absolute atomic E-state index is 13.4. The van der Waals surface area contributed by atoms with Crippen molar-refractivity contribution in [2.24, 2.45) is 0 Å². The van der Waals surface area contributed by atoms with Gasteiger partial charge in [0.1, 0.15) is 31.2 Å². The Hall–Kier alpha value is -3.62. The van der Waals surface area contributed by atoms with Crippen molar-refractivity contribution in [3.8, 4) is 5.75 Å². The summed E-state index contributed by atoms with van der Waals surface area (Å²) < 4.78 is 11.1. The molecule has 2 aromatic carbocycles. The number of nitrogens with one attached hydrogen (secondary N) is 1. The molecule has 2 N–H and O–H groups in total. The number of morpholine rings is 1. The second-order valence-electron chi connectivity index (χ2n) is 10.0. The zero-order valence-electron chi connectivity index (χ0n) is 22.5. The zero-order chi connectivity index (χ0) is 27.2. The van der Waals surface area contributed by atoms with Crippen LogP contribution in [-0.4, -0.2) is 81.8 Å². The predicted molar refractivity (Wildman–Crippen MR) is 148 cm³/mol. The van der Waals surface area contributed by atoms with Crippen molar-refractivity contribution in [1.82, 2.24) is 4.90 Å². The largest absolute Gasteiger partial charge is 0.507 e. The summed E-state index contributed by atoms with van der Waals surface area (Å²) in [5, 5.41) is 11.4. The molecule has 0 spiro atoms. The van der Waals surface area contributed by atoms with Gasteiger partial charge in [-0.05, 0) is 48.4 Å². The molecule has 0 aromatic heterocycles. The summed E-state index contributed by atoms with van der Waals surface area (Å²) in [5.74, 6) is -0.742. The smallest absolute Gasteiger partial charge is 0.295 e. The van der Waals surface area contributed by atoms with E-state index < -0.39 is 17.7 Å². The lowest BCUT2D eigenvalue weighted by molar-refractivity contribution is -0.908. The van der Waals surface area contributed by atoms with E-state index in [-0.39, 0.29) is 11.3 Å². The lowest BCUT2D eigenvalue weighted by Gasteiger charge is -2.28. The number of Topliss-reactive ketones (excluding diaryl/α,β-unsaturated/α-hetero) is 1. The minimum absolute atomic E-state index is 0.116. The number of hydrogen-bond acceptors (Lipinski definition) is 6. The van der Waals surface area contributed by atoms with Gasteiger partial charge in [-0.3, -0.25) is 9.59 Å². The fraction of sp³-hybridized carbons (Fsp3) is 0.400. The molecule has 4 rings (SSSR count). The summed E-state index contributed by atoms with van der Waals surface area (Å²) >= 11 is 0. The number of aliphatic hydroxyl groups is 1. The molecular formula is C30H38N3O5+. The molecule has 2 aliphatic heterocycles. The molecule has 2 fully saturated rings. The van der Waals surface area contributed by atoms with Crippen LogP contribution >= 0.6 is 0 Å². The number of carbonyl (C=O) groups is 2. The third kappa shape index (κ3) is 5.92. The van der Waals surface area contributed by atoms with Gasteiger partial charge in [-0.15, -0.1) is 0 Å². The van der Waals surface area contributed by atoms with Crippen molar-refractivity contribution in [3.05, 3.63) is 77.4 Å². The number of amides is 1. The highest BCUT2D eigenvalue weighted by Gasteiger charge is 2.46. The molecule has 1 amide bonds. The van der Waals surface area contributed by atoms with Crippen molar-refractivity contribution < 1.29 is 29.1 Å². The topological polar surface area (TPSA) is 83.8 Å². The zero-order valence-corrected chi connectivity index (χ0v) is 22.5. The lowest BCUT2D eigenvalue weighted by Crippen LogP contribution is -3.14. The summed E-state index contributed by atoms with van der Waals surface area (Å²) in [5.41, 5.74) is 3.19. The van der Waals surface area contributed by atoms with E-state index in [2.05, 4.69) is 6.58 Å². The molecule has 2 aliphatic rings. The van der Waals surface area contributed by atoms with Crippen molar-refractivity contribution in [2.75, 3.05) is 65.0 Å². The number of aliphatic hydroxyl groups excluding tert-OH is 1. The predicted octanol–water partition coefficient (Wildman–Crippen LogP) is 2.35. The van der Waals surface area contributed by atoms with Crippen LogP contribution in [0, 0.1) is 6.92 Å². The van der Waals surface area contributed by atoms with Gasteiger partial charge < -0.3 is 29.3 Å². The number of hydrogen-bond donors (Lipinski definition) is 2. The summed E-state index contributed by atoms with van der Waals surface area (Å²) in [6.45, 7) is 10.6. The van der Waals surface area contributed by atoms with Crippen molar-refractivity contribution in [3.63, 3.8) is 0 Å². The van der Waals surface area contributed by atoms with Crippen molar-refractivity contribution in [2.45, 2.75) is 19.4 Å². The number of anilines is 1. The molecule has 2 saturated heterocycles. The average molecular weight is 521 g/mol. The molecular weight excluding hydrogens is 482 g/mol. The van der Waals surface area contributed by atoms with Gasteiger partial charge in [0.15, 0.2) is 0 Å². The Morgan fingerprint density at radius 1 is 1.18 bits per heavy atom. The first-order valence-corrected chi connectivity index (χ1v) is 13.1. The number of nitrogens with zero attached hydrogens (tertiary/aromatic N) is 2. The molecule has 2 aromatic rings. The Labute approximate surface area is 224 Å². The van der Waals surface area contributed by atoms with E-state index in [1.807, 2.05) is 50.2 Å². The van der Waals surface area contributed by atoms with E-state index in [9.17, 15) is 14.7 Å². The van der Waals surface area contributed by atoms with Crippen LogP contribution in [0.2, 0.25) is 0 Å². The molecule has 202 valence electrons. The summed E-state index contributed by atoms with van der Waals surface area (Å²) in [6.07, 6.45) is 2.42. The number of likely N-dealkylation sites (tertiary alicyclic amines) is 1. The molecule has 0 radical (unpaired) electrons. The van der Waals surface area contributed by atoms with Gasteiger partial charge >= 0.3 is 0 Å². The van der Waals surface area contributed by atoms with Gasteiger partial charge in [-0.25, -0.2) is 0 Å². The van der Waals surface area contributed by atoms with E-state index in [1.165, 1.54) is 4.90 Å². The van der Waals surface area contributed by atoms with Gasteiger partial charge in [0.25, 0.3) is 11.7 Å². The number of carbonyl (C=O) groups excluding carboxylic acids is 2. The molecule has 8 nitrogen and oxygen atoms in total. The molecule has 0 saturated carbocycles. The van der Waals surface area contributed by atoms with E-state index >= 15 is 0 Å². The number of ether oxygens (including phenoxy) is 2. The van der Waals surface area contributed by atoms with E-state index in [0.717, 1.165) is 56.1 Å². The van der Waals surface area contributed by atoms with Crippen LogP contribution in [0.1, 0.15) is 29.2 Å².